The van der Waals surface area contributed by atoms with Crippen LogP contribution in [0, 0.1) is 0 Å². The fraction of sp³-hybridized carbons (Fsp3) is 0.381. The summed E-state index contributed by atoms with van der Waals surface area (Å²) >= 11 is 0. The van der Waals surface area contributed by atoms with Crippen LogP contribution in [0.5, 0.6) is 0 Å². The molecule has 1 aromatic heterocycles. The van der Waals surface area contributed by atoms with E-state index in [1.54, 1.807) is 12.3 Å². The van der Waals surface area contributed by atoms with Crippen molar-refractivity contribution in [3.05, 3.63) is 48.2 Å². The number of carbonyl (C=O) groups is 2. The summed E-state index contributed by atoms with van der Waals surface area (Å²) in [7, 11) is -3.79. The number of sulfonamides is 1. The molecule has 2 aromatic rings. The van der Waals surface area contributed by atoms with Crippen LogP contribution in [0.15, 0.2) is 47.5 Å². The van der Waals surface area contributed by atoms with E-state index in [4.69, 9.17) is 0 Å². The quantitative estimate of drug-likeness (QED) is 0.723. The van der Waals surface area contributed by atoms with Crippen LogP contribution in [0.3, 0.4) is 0 Å². The van der Waals surface area contributed by atoms with Gasteiger partial charge in [0.2, 0.25) is 15.9 Å². The van der Waals surface area contributed by atoms with Crippen molar-refractivity contribution in [3.8, 4) is 0 Å². The Morgan fingerprint density at radius 2 is 1.77 bits per heavy atom. The van der Waals surface area contributed by atoms with Gasteiger partial charge >= 0.3 is 0 Å². The second kappa shape index (κ2) is 9.03. The lowest BCUT2D eigenvalue weighted by atomic mass is 10.1. The molecule has 0 radical (unpaired) electrons. The zero-order valence-electron chi connectivity index (χ0n) is 17.1. The summed E-state index contributed by atoms with van der Waals surface area (Å²) in [6.45, 7) is 2.10. The molecule has 31 heavy (non-hydrogen) atoms. The summed E-state index contributed by atoms with van der Waals surface area (Å²) in [6, 6.07) is 9.33. The molecule has 0 aliphatic carbocycles. The molecule has 0 bridgehead atoms. The Morgan fingerprint density at radius 1 is 1.03 bits per heavy atom. The molecule has 2 aliphatic rings. The number of hydrogen-bond acceptors (Lipinski definition) is 6. The van der Waals surface area contributed by atoms with Crippen LogP contribution in [-0.2, 0) is 14.8 Å². The Kier molecular flexibility index (Phi) is 6.19. The number of benzene rings is 1. The molecule has 3 heterocycles. The molecule has 10 heteroatoms. The van der Waals surface area contributed by atoms with Crippen LogP contribution in [0.1, 0.15) is 29.6 Å². The largest absolute Gasteiger partial charge is 0.355 e. The first-order valence-electron chi connectivity index (χ1n) is 10.3. The molecule has 2 aliphatic heterocycles. The smallest absolute Gasteiger partial charge is 0.255 e. The SMILES string of the molecule is O=C1CN(S(=O)(=O)c2ccc(C(=O)Nc3cccnc3N3CCCCC3)cc2)CCN1. The van der Waals surface area contributed by atoms with Crippen LogP contribution in [-0.4, -0.2) is 62.2 Å². The van der Waals surface area contributed by atoms with E-state index in [0.717, 1.165) is 36.1 Å². The molecular weight excluding hydrogens is 418 g/mol. The number of piperidine rings is 1. The molecule has 0 saturated carbocycles. The number of pyridine rings is 1. The van der Waals surface area contributed by atoms with Crippen LogP contribution in [0.2, 0.25) is 0 Å². The minimum Gasteiger partial charge on any atom is -0.355 e. The molecule has 2 amide bonds. The zero-order valence-corrected chi connectivity index (χ0v) is 17.9. The van der Waals surface area contributed by atoms with Crippen molar-refractivity contribution < 1.29 is 18.0 Å². The Labute approximate surface area is 181 Å². The van der Waals surface area contributed by atoms with Crippen LogP contribution < -0.4 is 15.5 Å². The van der Waals surface area contributed by atoms with Crippen LogP contribution >= 0.6 is 0 Å². The van der Waals surface area contributed by atoms with Gasteiger partial charge in [-0.25, -0.2) is 13.4 Å². The van der Waals surface area contributed by atoms with Crippen molar-refractivity contribution in [1.82, 2.24) is 14.6 Å². The van der Waals surface area contributed by atoms with Gasteiger partial charge in [-0.05, 0) is 55.7 Å². The number of hydrogen-bond donors (Lipinski definition) is 2. The number of rotatable bonds is 5. The van der Waals surface area contributed by atoms with Gasteiger partial charge in [0.15, 0.2) is 5.82 Å². The third kappa shape index (κ3) is 4.70. The molecule has 1 aromatic carbocycles. The average Bonchev–Trinajstić information content (AvgIpc) is 2.80. The zero-order chi connectivity index (χ0) is 21.8. The number of nitrogens with one attached hydrogen (secondary N) is 2. The van der Waals surface area contributed by atoms with Crippen molar-refractivity contribution in [3.63, 3.8) is 0 Å². The Balaban J connectivity index is 1.49. The minimum absolute atomic E-state index is 0.0501. The summed E-state index contributed by atoms with van der Waals surface area (Å²) in [4.78, 5) is 31.0. The van der Waals surface area contributed by atoms with Crippen molar-refractivity contribution in [2.24, 2.45) is 0 Å². The van der Waals surface area contributed by atoms with E-state index in [2.05, 4.69) is 20.5 Å². The van der Waals surface area contributed by atoms with Gasteiger partial charge in [0.05, 0.1) is 17.1 Å². The van der Waals surface area contributed by atoms with E-state index >= 15 is 0 Å². The normalized spacial score (nSPS) is 17.8. The Morgan fingerprint density at radius 3 is 2.48 bits per heavy atom. The number of piperazine rings is 1. The van der Waals surface area contributed by atoms with Gasteiger partial charge in [0.1, 0.15) is 0 Å². The van der Waals surface area contributed by atoms with Gasteiger partial charge < -0.3 is 15.5 Å². The second-order valence-electron chi connectivity index (χ2n) is 7.59. The first-order chi connectivity index (χ1) is 14.9. The maximum absolute atomic E-state index is 12.8. The molecule has 0 unspecified atom stereocenters. The van der Waals surface area contributed by atoms with Crippen molar-refractivity contribution >= 4 is 33.3 Å². The lowest BCUT2D eigenvalue weighted by molar-refractivity contribution is -0.122. The number of anilines is 2. The molecule has 2 N–H and O–H groups in total. The first-order valence-corrected chi connectivity index (χ1v) is 11.8. The van der Waals surface area contributed by atoms with Gasteiger partial charge in [-0.2, -0.15) is 4.31 Å². The molecule has 2 fully saturated rings. The number of amides is 2. The predicted molar refractivity (Wildman–Crippen MR) is 116 cm³/mol. The van der Waals surface area contributed by atoms with Crippen molar-refractivity contribution in [2.75, 3.05) is 42.9 Å². The van der Waals surface area contributed by atoms with Crippen LogP contribution in [0.25, 0.3) is 0 Å². The summed E-state index contributed by atoms with van der Waals surface area (Å²) in [5, 5.41) is 5.50. The molecule has 2 saturated heterocycles. The summed E-state index contributed by atoms with van der Waals surface area (Å²) in [5.41, 5.74) is 0.967. The van der Waals surface area contributed by atoms with Gasteiger partial charge in [0, 0.05) is 37.9 Å². The lowest BCUT2D eigenvalue weighted by Gasteiger charge is -2.29. The number of carbonyl (C=O) groups excluding carboxylic acids is 2. The molecule has 0 spiro atoms. The highest BCUT2D eigenvalue weighted by atomic mass is 32.2. The molecule has 9 nitrogen and oxygen atoms in total. The molecule has 4 rings (SSSR count). The summed E-state index contributed by atoms with van der Waals surface area (Å²) < 4.78 is 26.7. The van der Waals surface area contributed by atoms with E-state index in [0.29, 0.717) is 11.3 Å². The van der Waals surface area contributed by atoms with Gasteiger partial charge in [-0.3, -0.25) is 9.59 Å². The van der Waals surface area contributed by atoms with Gasteiger partial charge in [0.25, 0.3) is 5.91 Å². The van der Waals surface area contributed by atoms with Gasteiger partial charge in [-0.1, -0.05) is 0 Å². The lowest BCUT2D eigenvalue weighted by Crippen LogP contribution is -2.49. The number of aromatic nitrogens is 1. The third-order valence-electron chi connectivity index (χ3n) is 5.45. The Bertz CT molecular complexity index is 1070. The molecular formula is C21H25N5O4S. The fourth-order valence-electron chi connectivity index (χ4n) is 3.79. The average molecular weight is 444 g/mol. The highest BCUT2D eigenvalue weighted by Crippen LogP contribution is 2.26. The predicted octanol–water partition coefficient (Wildman–Crippen LogP) is 1.44. The minimum atomic E-state index is -3.79. The highest BCUT2D eigenvalue weighted by Gasteiger charge is 2.29. The Hall–Kier alpha value is -2.98. The van der Waals surface area contributed by atoms with E-state index in [1.807, 2.05) is 6.07 Å². The van der Waals surface area contributed by atoms with Crippen molar-refractivity contribution in [1.29, 1.82) is 0 Å². The van der Waals surface area contributed by atoms with E-state index in [-0.39, 0.29) is 36.3 Å². The maximum atomic E-state index is 12.8. The highest BCUT2D eigenvalue weighted by molar-refractivity contribution is 7.89. The summed E-state index contributed by atoms with van der Waals surface area (Å²) in [5.74, 6) is 0.0810. The fourth-order valence-corrected chi connectivity index (χ4v) is 5.19. The van der Waals surface area contributed by atoms with E-state index in [1.165, 1.54) is 30.7 Å². The van der Waals surface area contributed by atoms with Gasteiger partial charge in [-0.15, -0.1) is 0 Å². The van der Waals surface area contributed by atoms with E-state index < -0.39 is 10.0 Å². The monoisotopic (exact) mass is 443 g/mol. The standard InChI is InChI=1S/C21H25N5O4S/c27-19-15-26(14-11-22-19)31(29,30)17-8-6-16(7-9-17)21(28)24-18-5-4-10-23-20(18)25-12-2-1-3-13-25/h4-10H,1-3,11-15H2,(H,22,27)(H,24,28). The number of nitrogens with zero attached hydrogens (tertiary/aromatic N) is 3. The maximum Gasteiger partial charge on any atom is 0.255 e. The topological polar surface area (TPSA) is 112 Å². The molecule has 0 atom stereocenters. The van der Waals surface area contributed by atoms with E-state index in [9.17, 15) is 18.0 Å². The van der Waals surface area contributed by atoms with Crippen molar-refractivity contribution in [2.45, 2.75) is 24.2 Å². The second-order valence-corrected chi connectivity index (χ2v) is 9.53. The third-order valence-corrected chi connectivity index (χ3v) is 7.31. The van der Waals surface area contributed by atoms with Crippen LogP contribution in [0.4, 0.5) is 11.5 Å². The summed E-state index contributed by atoms with van der Waals surface area (Å²) in [6.07, 6.45) is 5.10. The first kappa shape index (κ1) is 21.3. The molecule has 164 valence electrons.